The largest absolute Gasteiger partial charge is 0.319 e. The summed E-state index contributed by atoms with van der Waals surface area (Å²) in [7, 11) is 2.04. The molecule has 0 bridgehead atoms. The highest BCUT2D eigenvalue weighted by Crippen LogP contribution is 2.18. The van der Waals surface area contributed by atoms with Crippen LogP contribution in [0, 0.1) is 5.92 Å². The first kappa shape index (κ1) is 14.5. The quantitative estimate of drug-likeness (QED) is 0.895. The maximum absolute atomic E-state index is 4.29. The lowest BCUT2D eigenvalue weighted by molar-refractivity contribution is 0.175. The van der Waals surface area contributed by atoms with Gasteiger partial charge in [0, 0.05) is 6.54 Å². The number of likely N-dealkylation sites (tertiary alicyclic amines) is 1. The van der Waals surface area contributed by atoms with Gasteiger partial charge in [0.15, 0.2) is 0 Å². The molecule has 108 valence electrons. The molecular formula is C14H27N5. The van der Waals surface area contributed by atoms with Gasteiger partial charge in [-0.1, -0.05) is 5.21 Å². The average Bonchev–Trinajstić information content (AvgIpc) is 2.80. The first-order chi connectivity index (χ1) is 8.99. The molecule has 0 atom stereocenters. The van der Waals surface area contributed by atoms with E-state index in [1.807, 2.05) is 11.7 Å². The van der Waals surface area contributed by atoms with E-state index >= 15 is 0 Å². The maximum Gasteiger partial charge on any atom is 0.0967 e. The van der Waals surface area contributed by atoms with Crippen LogP contribution in [0.1, 0.15) is 39.3 Å². The summed E-state index contributed by atoms with van der Waals surface area (Å²) in [4.78, 5) is 2.49. The molecule has 0 unspecified atom stereocenters. The molecule has 2 heterocycles. The predicted molar refractivity (Wildman–Crippen MR) is 76.9 cm³/mol. The molecule has 1 aromatic heterocycles. The molecule has 0 aliphatic carbocycles. The van der Waals surface area contributed by atoms with Gasteiger partial charge in [0.2, 0.25) is 0 Å². The Morgan fingerprint density at radius 2 is 2.00 bits per heavy atom. The van der Waals surface area contributed by atoms with E-state index in [1.165, 1.54) is 25.9 Å². The Hall–Kier alpha value is -0.940. The zero-order valence-corrected chi connectivity index (χ0v) is 12.7. The second-order valence-corrected chi connectivity index (χ2v) is 6.60. The van der Waals surface area contributed by atoms with Crippen LogP contribution in [0.3, 0.4) is 0 Å². The molecule has 0 radical (unpaired) electrons. The Labute approximate surface area is 116 Å². The molecule has 1 N–H and O–H groups in total. The molecule has 2 rings (SSSR count). The van der Waals surface area contributed by atoms with Crippen LogP contribution < -0.4 is 5.32 Å². The number of rotatable bonds is 4. The number of hydrogen-bond acceptors (Lipinski definition) is 4. The summed E-state index contributed by atoms with van der Waals surface area (Å²) in [5, 5.41) is 11.8. The van der Waals surface area contributed by atoms with Crippen LogP contribution in [0.5, 0.6) is 0 Å². The van der Waals surface area contributed by atoms with Crippen LogP contribution in [0.25, 0.3) is 0 Å². The molecule has 0 amide bonds. The summed E-state index contributed by atoms with van der Waals surface area (Å²) in [6.45, 7) is 10.9. The first-order valence-electron chi connectivity index (χ1n) is 7.27. The third-order valence-corrected chi connectivity index (χ3v) is 3.81. The second kappa shape index (κ2) is 6.01. The van der Waals surface area contributed by atoms with Crippen molar-refractivity contribution in [1.29, 1.82) is 0 Å². The summed E-state index contributed by atoms with van der Waals surface area (Å²) >= 11 is 0. The molecule has 1 aliphatic rings. The minimum Gasteiger partial charge on any atom is -0.319 e. The lowest BCUT2D eigenvalue weighted by atomic mass is 9.97. The van der Waals surface area contributed by atoms with Gasteiger partial charge in [-0.3, -0.25) is 4.90 Å². The topological polar surface area (TPSA) is 46.0 Å². The molecule has 1 aliphatic heterocycles. The summed E-state index contributed by atoms with van der Waals surface area (Å²) in [6.07, 6.45) is 4.65. The molecule has 19 heavy (non-hydrogen) atoms. The van der Waals surface area contributed by atoms with Gasteiger partial charge in [0.25, 0.3) is 0 Å². The Bertz CT molecular complexity index is 385. The molecule has 0 saturated carbocycles. The third kappa shape index (κ3) is 4.01. The van der Waals surface area contributed by atoms with E-state index in [0.717, 1.165) is 24.7 Å². The van der Waals surface area contributed by atoms with E-state index in [9.17, 15) is 0 Å². The zero-order valence-electron chi connectivity index (χ0n) is 12.7. The van der Waals surface area contributed by atoms with Crippen LogP contribution in [0.4, 0.5) is 0 Å². The smallest absolute Gasteiger partial charge is 0.0967 e. The van der Waals surface area contributed by atoms with E-state index < -0.39 is 0 Å². The number of nitrogens with zero attached hydrogens (tertiary/aromatic N) is 4. The average molecular weight is 265 g/mol. The summed E-state index contributed by atoms with van der Waals surface area (Å²) in [5.74, 6) is 0.839. The van der Waals surface area contributed by atoms with Crippen molar-refractivity contribution in [2.24, 2.45) is 5.92 Å². The SMILES string of the molecule is CNCC1CCN(Cc2cn(C(C)(C)C)nn2)CC1. The molecule has 1 fully saturated rings. The van der Waals surface area contributed by atoms with Crippen LogP contribution in [-0.4, -0.2) is 46.6 Å². The van der Waals surface area contributed by atoms with Gasteiger partial charge in [-0.25, -0.2) is 4.68 Å². The number of piperidine rings is 1. The van der Waals surface area contributed by atoms with Crippen molar-refractivity contribution in [1.82, 2.24) is 25.2 Å². The number of aromatic nitrogens is 3. The number of nitrogens with one attached hydrogen (secondary N) is 1. The zero-order chi connectivity index (χ0) is 13.9. The van der Waals surface area contributed by atoms with Crippen molar-refractivity contribution in [3.8, 4) is 0 Å². The van der Waals surface area contributed by atoms with Crippen molar-refractivity contribution in [2.45, 2.75) is 45.7 Å². The molecule has 5 nitrogen and oxygen atoms in total. The third-order valence-electron chi connectivity index (χ3n) is 3.81. The van der Waals surface area contributed by atoms with E-state index in [1.54, 1.807) is 0 Å². The highest BCUT2D eigenvalue weighted by atomic mass is 15.4. The predicted octanol–water partition coefficient (Wildman–Crippen LogP) is 1.46. The van der Waals surface area contributed by atoms with Crippen LogP contribution >= 0.6 is 0 Å². The fourth-order valence-corrected chi connectivity index (χ4v) is 2.57. The molecule has 1 saturated heterocycles. The Morgan fingerprint density at radius 3 is 2.53 bits per heavy atom. The summed E-state index contributed by atoms with van der Waals surface area (Å²) in [5.41, 5.74) is 1.10. The normalized spacial score (nSPS) is 18.9. The monoisotopic (exact) mass is 265 g/mol. The van der Waals surface area contributed by atoms with Crippen molar-refractivity contribution >= 4 is 0 Å². The van der Waals surface area contributed by atoms with Crippen LogP contribution in [-0.2, 0) is 12.1 Å². The molecule has 0 aromatic carbocycles. The van der Waals surface area contributed by atoms with E-state index in [4.69, 9.17) is 0 Å². The molecule has 0 spiro atoms. The van der Waals surface area contributed by atoms with Gasteiger partial charge in [-0.05, 0) is 66.2 Å². The van der Waals surface area contributed by atoms with Crippen molar-refractivity contribution in [3.05, 3.63) is 11.9 Å². The van der Waals surface area contributed by atoms with Crippen molar-refractivity contribution in [2.75, 3.05) is 26.7 Å². The second-order valence-electron chi connectivity index (χ2n) is 6.60. The Balaban J connectivity index is 1.84. The highest BCUT2D eigenvalue weighted by Gasteiger charge is 2.20. The van der Waals surface area contributed by atoms with E-state index in [-0.39, 0.29) is 5.54 Å². The summed E-state index contributed by atoms with van der Waals surface area (Å²) in [6, 6.07) is 0. The maximum atomic E-state index is 4.29. The van der Waals surface area contributed by atoms with Crippen LogP contribution in [0.2, 0.25) is 0 Å². The van der Waals surface area contributed by atoms with Gasteiger partial charge in [0.1, 0.15) is 0 Å². The Kier molecular flexibility index (Phi) is 4.58. The summed E-state index contributed by atoms with van der Waals surface area (Å²) < 4.78 is 1.95. The van der Waals surface area contributed by atoms with Crippen LogP contribution in [0.15, 0.2) is 6.20 Å². The first-order valence-corrected chi connectivity index (χ1v) is 7.27. The van der Waals surface area contributed by atoms with E-state index in [2.05, 4.69) is 47.5 Å². The standard InChI is InChI=1S/C14H27N5/c1-14(2,3)19-11-13(16-17-19)10-18-7-5-12(6-8-18)9-15-4/h11-12,15H,5-10H2,1-4H3. The molecule has 5 heteroatoms. The van der Waals surface area contributed by atoms with Gasteiger partial charge in [0.05, 0.1) is 17.4 Å². The lowest BCUT2D eigenvalue weighted by Crippen LogP contribution is -2.36. The van der Waals surface area contributed by atoms with Crippen molar-refractivity contribution in [3.63, 3.8) is 0 Å². The van der Waals surface area contributed by atoms with Gasteiger partial charge < -0.3 is 5.32 Å². The minimum atomic E-state index is 0.0189. The number of hydrogen-bond donors (Lipinski definition) is 1. The van der Waals surface area contributed by atoms with Gasteiger partial charge in [-0.15, -0.1) is 5.10 Å². The minimum absolute atomic E-state index is 0.0189. The molecule has 1 aromatic rings. The van der Waals surface area contributed by atoms with Gasteiger partial charge in [-0.2, -0.15) is 0 Å². The fourth-order valence-electron chi connectivity index (χ4n) is 2.57. The van der Waals surface area contributed by atoms with Gasteiger partial charge >= 0.3 is 0 Å². The highest BCUT2D eigenvalue weighted by molar-refractivity contribution is 4.95. The fraction of sp³-hybridized carbons (Fsp3) is 0.857. The van der Waals surface area contributed by atoms with E-state index in [0.29, 0.717) is 0 Å². The lowest BCUT2D eigenvalue weighted by Gasteiger charge is -2.31. The van der Waals surface area contributed by atoms with Crippen molar-refractivity contribution < 1.29 is 0 Å². The molecular weight excluding hydrogens is 238 g/mol. The Morgan fingerprint density at radius 1 is 1.32 bits per heavy atom.